The van der Waals surface area contributed by atoms with Crippen LogP contribution in [0.3, 0.4) is 0 Å². The Balaban J connectivity index is 0.000000206. The number of fused-ring (bicyclic) bond motifs is 2. The van der Waals surface area contributed by atoms with Crippen molar-refractivity contribution in [2.75, 3.05) is 92.4 Å². The first-order valence-corrected chi connectivity index (χ1v) is 23.5. The molecular formula is C51H69ClN8O5. The zero-order valence-corrected chi connectivity index (χ0v) is 39.6. The average molecular weight is 910 g/mol. The maximum absolute atomic E-state index is 12.4. The molecule has 350 valence electrons. The van der Waals surface area contributed by atoms with E-state index in [2.05, 4.69) is 61.5 Å². The van der Waals surface area contributed by atoms with Gasteiger partial charge in [0.15, 0.2) is 6.29 Å². The summed E-state index contributed by atoms with van der Waals surface area (Å²) >= 11 is 6.43. The molecule has 0 saturated carbocycles. The lowest BCUT2D eigenvalue weighted by Gasteiger charge is -2.38. The molecule has 3 N–H and O–H groups in total. The molecule has 1 atom stereocenters. The van der Waals surface area contributed by atoms with E-state index in [4.69, 9.17) is 11.6 Å². The van der Waals surface area contributed by atoms with Gasteiger partial charge in [0, 0.05) is 99.6 Å². The van der Waals surface area contributed by atoms with Gasteiger partial charge in [-0.15, -0.1) is 0 Å². The maximum atomic E-state index is 12.4. The first-order chi connectivity index (χ1) is 31.4. The van der Waals surface area contributed by atoms with E-state index in [1.807, 2.05) is 49.3 Å². The quantitative estimate of drug-likeness (QED) is 0.0447. The molecule has 0 spiro atoms. The average Bonchev–Trinajstić information content (AvgIpc) is 3.32. The molecule has 3 aromatic carbocycles. The Morgan fingerprint density at radius 3 is 2.35 bits per heavy atom. The smallest absolute Gasteiger partial charge is 0.225 e. The maximum Gasteiger partial charge on any atom is 0.225 e. The van der Waals surface area contributed by atoms with Gasteiger partial charge in [0.2, 0.25) is 5.91 Å². The Bertz CT molecular complexity index is 2170. The first kappa shape index (κ1) is 51.1. The summed E-state index contributed by atoms with van der Waals surface area (Å²) in [7, 11) is 7.98. The third kappa shape index (κ3) is 16.5. The first-order valence-electron chi connectivity index (χ1n) is 23.1. The molecule has 1 aliphatic carbocycles. The van der Waals surface area contributed by atoms with Crippen LogP contribution in [0.5, 0.6) is 0 Å². The molecule has 65 heavy (non-hydrogen) atoms. The van der Waals surface area contributed by atoms with Crippen LogP contribution in [0.15, 0.2) is 71.7 Å². The van der Waals surface area contributed by atoms with Crippen LogP contribution in [0.4, 0.5) is 11.4 Å². The molecule has 3 aliphatic rings. The summed E-state index contributed by atoms with van der Waals surface area (Å²) in [6.45, 7) is 7.95. The molecule has 2 fully saturated rings. The second-order valence-electron chi connectivity index (χ2n) is 17.8. The van der Waals surface area contributed by atoms with Gasteiger partial charge < -0.3 is 40.1 Å². The number of piperidine rings is 1. The lowest BCUT2D eigenvalue weighted by Crippen LogP contribution is -2.49. The van der Waals surface area contributed by atoms with Crippen LogP contribution >= 0.6 is 11.6 Å². The fourth-order valence-corrected chi connectivity index (χ4v) is 8.74. The second kappa shape index (κ2) is 26.3. The summed E-state index contributed by atoms with van der Waals surface area (Å²) in [6, 6.07) is 20.8. The number of rotatable bonds is 17. The molecule has 1 unspecified atom stereocenters. The summed E-state index contributed by atoms with van der Waals surface area (Å²) in [4.78, 5) is 63.3. The minimum Gasteiger partial charge on any atom is -0.388 e. The summed E-state index contributed by atoms with van der Waals surface area (Å²) in [6.07, 6.45) is 13.5. The number of aryl methyl sites for hydroxylation is 1. The highest BCUT2D eigenvalue weighted by Crippen LogP contribution is 2.33. The van der Waals surface area contributed by atoms with Crippen LogP contribution < -0.4 is 10.6 Å². The Hall–Kier alpha value is -4.89. The molecule has 13 nitrogen and oxygen atoms in total. The predicted molar refractivity (Wildman–Crippen MR) is 263 cm³/mol. The Morgan fingerprint density at radius 1 is 0.938 bits per heavy atom. The number of carbonyl (C=O) groups excluding carboxylic acids is 4. The number of amides is 1. The van der Waals surface area contributed by atoms with E-state index in [-0.39, 0.29) is 11.8 Å². The number of piperazine rings is 1. The number of pyridine rings is 1. The van der Waals surface area contributed by atoms with Crippen molar-refractivity contribution < 1.29 is 24.3 Å². The van der Waals surface area contributed by atoms with Crippen LogP contribution in [0.1, 0.15) is 82.5 Å². The molecule has 1 aromatic heterocycles. The fourth-order valence-electron chi connectivity index (χ4n) is 8.38. The molecule has 0 radical (unpaired) electrons. The van der Waals surface area contributed by atoms with Gasteiger partial charge in [0.1, 0.15) is 12.6 Å². The minimum absolute atomic E-state index is 0.0516. The second-order valence-corrected chi connectivity index (χ2v) is 18.2. The lowest BCUT2D eigenvalue weighted by molar-refractivity contribution is -0.116. The van der Waals surface area contributed by atoms with E-state index in [0.717, 1.165) is 138 Å². The van der Waals surface area contributed by atoms with Crippen molar-refractivity contribution in [2.24, 2.45) is 10.9 Å². The van der Waals surface area contributed by atoms with Crippen LogP contribution in [0.2, 0.25) is 5.02 Å². The van der Waals surface area contributed by atoms with Crippen LogP contribution in [0.25, 0.3) is 10.9 Å². The topological polar surface area (TPSA) is 151 Å². The zero-order chi connectivity index (χ0) is 46.6. The van der Waals surface area contributed by atoms with E-state index in [0.29, 0.717) is 35.5 Å². The summed E-state index contributed by atoms with van der Waals surface area (Å²) in [5.74, 6) is 0.116. The number of aliphatic hydroxyl groups is 1. The SMILES string of the molecule is CN(C=Nc1cc(NC(=O)CCN2CCN(C)CC2)ccc1C=O)CC1(O)CCN(C)CC1.CNCCCC(C=O)Cc1ccccc1.O=Cc1ccc2c(Cl)c3c(nc2c1)CCCC3. The number of hydrogen-bond acceptors (Lipinski definition) is 11. The molecule has 7 rings (SSSR count). The van der Waals surface area contributed by atoms with Gasteiger partial charge in [0.25, 0.3) is 0 Å². The van der Waals surface area contributed by atoms with Crippen molar-refractivity contribution in [1.82, 2.24) is 29.9 Å². The molecule has 4 aromatic rings. The number of aldehydes is 3. The van der Waals surface area contributed by atoms with Crippen molar-refractivity contribution in [3.8, 4) is 0 Å². The normalized spacial score (nSPS) is 16.9. The third-order valence-electron chi connectivity index (χ3n) is 12.4. The highest BCUT2D eigenvalue weighted by molar-refractivity contribution is 6.36. The largest absolute Gasteiger partial charge is 0.388 e. The van der Waals surface area contributed by atoms with E-state index >= 15 is 0 Å². The van der Waals surface area contributed by atoms with E-state index in [9.17, 15) is 24.3 Å². The fraction of sp³-hybridized carbons (Fsp3) is 0.490. The molecule has 2 aliphatic heterocycles. The number of nitrogens with one attached hydrogen (secondary N) is 2. The Labute approximate surface area is 390 Å². The third-order valence-corrected chi connectivity index (χ3v) is 12.9. The molecule has 14 heteroatoms. The van der Waals surface area contributed by atoms with Crippen molar-refractivity contribution in [3.63, 3.8) is 0 Å². The summed E-state index contributed by atoms with van der Waals surface area (Å²) in [5, 5.41) is 18.6. The van der Waals surface area contributed by atoms with Gasteiger partial charge in [-0.1, -0.05) is 54.1 Å². The molecule has 0 bridgehead atoms. The number of halogens is 1. The van der Waals surface area contributed by atoms with Crippen LogP contribution in [-0.2, 0) is 28.9 Å². The van der Waals surface area contributed by atoms with Crippen LogP contribution in [-0.4, -0.2) is 153 Å². The lowest BCUT2D eigenvalue weighted by atomic mass is 9.91. The Morgan fingerprint density at radius 2 is 1.66 bits per heavy atom. The van der Waals surface area contributed by atoms with Gasteiger partial charge in [0.05, 0.1) is 28.2 Å². The van der Waals surface area contributed by atoms with Crippen molar-refractivity contribution in [1.29, 1.82) is 0 Å². The highest BCUT2D eigenvalue weighted by atomic mass is 35.5. The number of anilines is 1. The van der Waals surface area contributed by atoms with Gasteiger partial charge in [-0.25, -0.2) is 4.99 Å². The number of nitrogens with zero attached hydrogens (tertiary/aromatic N) is 6. The molecule has 1 amide bonds. The van der Waals surface area contributed by atoms with Crippen molar-refractivity contribution >= 4 is 65.0 Å². The van der Waals surface area contributed by atoms with Crippen molar-refractivity contribution in [2.45, 2.75) is 69.8 Å². The van der Waals surface area contributed by atoms with Gasteiger partial charge in [-0.3, -0.25) is 19.4 Å². The standard InChI is InChI=1S/C24H38N6O3.C14H12ClNO.C13H19NO/c1-27-10-7-24(33,8-11-27)18-29(3)19-25-22-16-21(5-4-20(22)17-31)26-23(32)6-9-30-14-12-28(2)13-15-30;15-14-10-3-1-2-4-12(10)16-13-7-9(8-17)5-6-11(13)14;1-14-9-5-8-13(11-15)10-12-6-3-2-4-7-12/h4-5,16-17,19,33H,6-15,18H2,1-3H3,(H,26,32);5-8H,1-4H2;2-4,6-7,11,13-14H,5,8-10H2,1H3. The molecule has 2 saturated heterocycles. The number of hydrogen-bond donors (Lipinski definition) is 3. The molecular weight excluding hydrogens is 840 g/mol. The summed E-state index contributed by atoms with van der Waals surface area (Å²) in [5.41, 5.74) is 5.86. The van der Waals surface area contributed by atoms with Crippen LogP contribution in [0, 0.1) is 5.92 Å². The predicted octanol–water partition coefficient (Wildman–Crippen LogP) is 6.75. The zero-order valence-electron chi connectivity index (χ0n) is 38.8. The van der Waals surface area contributed by atoms with E-state index < -0.39 is 5.60 Å². The highest BCUT2D eigenvalue weighted by Gasteiger charge is 2.32. The Kier molecular flexibility index (Phi) is 20.7. The number of likely N-dealkylation sites (tertiary alicyclic amines) is 1. The van der Waals surface area contributed by atoms with Gasteiger partial charge >= 0.3 is 0 Å². The van der Waals surface area contributed by atoms with Gasteiger partial charge in [-0.05, 0) is 121 Å². The number of aromatic nitrogens is 1. The number of likely N-dealkylation sites (N-methyl/N-ethyl adjacent to an activating group) is 2. The van der Waals surface area contributed by atoms with E-state index in [1.54, 1.807) is 30.6 Å². The van der Waals surface area contributed by atoms with Crippen molar-refractivity contribution in [3.05, 3.63) is 99.7 Å². The number of aliphatic imine (C=N–C) groups is 1. The number of carbonyl (C=O) groups is 4. The molecule has 3 heterocycles. The monoisotopic (exact) mass is 909 g/mol. The minimum atomic E-state index is -0.736. The number of benzene rings is 3. The van der Waals surface area contributed by atoms with E-state index in [1.165, 1.54) is 24.0 Å². The van der Waals surface area contributed by atoms with Gasteiger partial charge in [-0.2, -0.15) is 0 Å². The summed E-state index contributed by atoms with van der Waals surface area (Å²) < 4.78 is 0.